The smallest absolute Gasteiger partial charge is 0.308 e. The summed E-state index contributed by atoms with van der Waals surface area (Å²) in [5, 5.41) is 18.3. The largest absolute Gasteiger partial charge is 0.481 e. The molecule has 2 bridgehead atoms. The van der Waals surface area contributed by atoms with Crippen LogP contribution in [0.15, 0.2) is 11.1 Å². The molecule has 4 nitrogen and oxygen atoms in total. The maximum atomic E-state index is 11.2. The van der Waals surface area contributed by atoms with Gasteiger partial charge in [0.25, 0.3) is 0 Å². The van der Waals surface area contributed by atoms with Gasteiger partial charge in [-0.15, -0.1) is 0 Å². The number of carbonyl (C=O) groups is 2. The molecule has 4 heteroatoms. The molecular weight excluding hydrogens is 208 g/mol. The van der Waals surface area contributed by atoms with E-state index in [2.05, 4.69) is 0 Å². The quantitative estimate of drug-likeness (QED) is 0.701. The lowest BCUT2D eigenvalue weighted by Crippen LogP contribution is -2.34. The molecule has 4 atom stereocenters. The van der Waals surface area contributed by atoms with Gasteiger partial charge in [0.15, 0.2) is 0 Å². The van der Waals surface area contributed by atoms with E-state index >= 15 is 0 Å². The molecule has 2 fully saturated rings. The molecule has 0 saturated heterocycles. The van der Waals surface area contributed by atoms with E-state index in [4.69, 9.17) is 10.2 Å². The van der Waals surface area contributed by atoms with Gasteiger partial charge in [-0.2, -0.15) is 0 Å². The standard InChI is InChI=1S/C12H16O4/c1-5(2)8-6-3-4-7(8)10(12(15)16)9(6)11(13)14/h6-7,9-10H,3-4H2,1-2H3,(H,13,14)(H,15,16)/t6-,7-,9+,10+/m1/s1. The molecule has 16 heavy (non-hydrogen) atoms. The van der Waals surface area contributed by atoms with E-state index in [1.807, 2.05) is 13.8 Å². The van der Waals surface area contributed by atoms with Crippen molar-refractivity contribution in [3.8, 4) is 0 Å². The van der Waals surface area contributed by atoms with Crippen molar-refractivity contribution in [1.29, 1.82) is 0 Å². The molecule has 2 aliphatic carbocycles. The van der Waals surface area contributed by atoms with Crippen LogP contribution in [0.5, 0.6) is 0 Å². The molecule has 0 aromatic rings. The summed E-state index contributed by atoms with van der Waals surface area (Å²) in [4.78, 5) is 22.4. The van der Waals surface area contributed by atoms with Crippen LogP contribution >= 0.6 is 0 Å². The van der Waals surface area contributed by atoms with Crippen molar-refractivity contribution in [3.05, 3.63) is 11.1 Å². The lowest BCUT2D eigenvalue weighted by Gasteiger charge is -2.23. The van der Waals surface area contributed by atoms with Crippen LogP contribution in [-0.4, -0.2) is 22.2 Å². The molecule has 0 radical (unpaired) electrons. The van der Waals surface area contributed by atoms with Crippen molar-refractivity contribution in [1.82, 2.24) is 0 Å². The molecule has 0 unspecified atom stereocenters. The van der Waals surface area contributed by atoms with Crippen LogP contribution in [0.3, 0.4) is 0 Å². The van der Waals surface area contributed by atoms with Crippen LogP contribution in [0.1, 0.15) is 26.7 Å². The van der Waals surface area contributed by atoms with Crippen LogP contribution in [0.2, 0.25) is 0 Å². The molecule has 88 valence electrons. The van der Waals surface area contributed by atoms with E-state index in [-0.39, 0.29) is 11.8 Å². The molecule has 0 amide bonds. The molecule has 0 heterocycles. The number of rotatable bonds is 2. The molecule has 2 N–H and O–H groups in total. The Bertz CT molecular complexity index is 348. The summed E-state index contributed by atoms with van der Waals surface area (Å²) in [6, 6.07) is 0. The first-order chi connectivity index (χ1) is 7.45. The second-order valence-electron chi connectivity index (χ2n) is 4.97. The number of fused-ring (bicyclic) bond motifs is 2. The van der Waals surface area contributed by atoms with Gasteiger partial charge in [-0.25, -0.2) is 0 Å². The fraction of sp³-hybridized carbons (Fsp3) is 0.667. The Labute approximate surface area is 94.0 Å². The number of aliphatic carboxylic acids is 2. The van der Waals surface area contributed by atoms with Crippen LogP contribution in [0, 0.1) is 23.7 Å². The topological polar surface area (TPSA) is 74.6 Å². The van der Waals surface area contributed by atoms with Crippen molar-refractivity contribution in [2.75, 3.05) is 0 Å². The summed E-state index contributed by atoms with van der Waals surface area (Å²) in [5.74, 6) is -3.46. The minimum absolute atomic E-state index is 0.0476. The summed E-state index contributed by atoms with van der Waals surface area (Å²) in [6.07, 6.45) is 1.65. The maximum absolute atomic E-state index is 11.2. The predicted molar refractivity (Wildman–Crippen MR) is 56.8 cm³/mol. The highest BCUT2D eigenvalue weighted by atomic mass is 16.4. The van der Waals surface area contributed by atoms with Gasteiger partial charge in [-0.1, -0.05) is 11.1 Å². The second kappa shape index (κ2) is 3.61. The van der Waals surface area contributed by atoms with E-state index in [1.165, 1.54) is 0 Å². The Morgan fingerprint density at radius 1 is 1.00 bits per heavy atom. The van der Waals surface area contributed by atoms with Crippen molar-refractivity contribution in [2.45, 2.75) is 26.7 Å². The van der Waals surface area contributed by atoms with E-state index in [0.29, 0.717) is 0 Å². The lowest BCUT2D eigenvalue weighted by atomic mass is 9.79. The van der Waals surface area contributed by atoms with Gasteiger partial charge in [-0.3, -0.25) is 9.59 Å². The summed E-state index contributed by atoms with van der Waals surface area (Å²) >= 11 is 0. The Kier molecular flexibility index (Phi) is 2.52. The molecule has 0 aromatic carbocycles. The number of allylic oxidation sites excluding steroid dienone is 2. The fourth-order valence-corrected chi connectivity index (χ4v) is 3.58. The minimum atomic E-state index is -0.960. The monoisotopic (exact) mass is 224 g/mol. The third-order valence-corrected chi connectivity index (χ3v) is 3.99. The van der Waals surface area contributed by atoms with Gasteiger partial charge in [0.05, 0.1) is 11.8 Å². The predicted octanol–water partition coefficient (Wildman–Crippen LogP) is 1.76. The zero-order chi connectivity index (χ0) is 12.0. The highest BCUT2D eigenvalue weighted by Gasteiger charge is 2.57. The van der Waals surface area contributed by atoms with E-state index in [9.17, 15) is 9.59 Å². The van der Waals surface area contributed by atoms with Crippen LogP contribution in [0.4, 0.5) is 0 Å². The molecule has 0 aromatic heterocycles. The van der Waals surface area contributed by atoms with Crippen molar-refractivity contribution < 1.29 is 19.8 Å². The molecule has 0 spiro atoms. The number of hydrogen-bond donors (Lipinski definition) is 2. The maximum Gasteiger partial charge on any atom is 0.308 e. The molecular formula is C12H16O4. The second-order valence-corrected chi connectivity index (χ2v) is 4.97. The van der Waals surface area contributed by atoms with Crippen molar-refractivity contribution >= 4 is 11.9 Å². The SMILES string of the molecule is CC(C)=C1[C@H]2CC[C@H]1[C@H](C(=O)O)[C@H]2C(=O)O. The minimum Gasteiger partial charge on any atom is -0.481 e. The summed E-state index contributed by atoms with van der Waals surface area (Å²) in [5.41, 5.74) is 2.20. The third kappa shape index (κ3) is 1.36. The number of carboxylic acids is 2. The molecule has 2 rings (SSSR count). The first-order valence-electron chi connectivity index (χ1n) is 5.58. The Morgan fingerprint density at radius 2 is 1.38 bits per heavy atom. The van der Waals surface area contributed by atoms with E-state index in [1.54, 1.807) is 0 Å². The van der Waals surface area contributed by atoms with Gasteiger partial charge < -0.3 is 10.2 Å². The lowest BCUT2D eigenvalue weighted by molar-refractivity contribution is -0.156. The zero-order valence-corrected chi connectivity index (χ0v) is 9.43. The van der Waals surface area contributed by atoms with Gasteiger partial charge >= 0.3 is 11.9 Å². The Hall–Kier alpha value is -1.32. The summed E-state index contributed by atoms with van der Waals surface area (Å²) < 4.78 is 0. The highest BCUT2D eigenvalue weighted by molar-refractivity contribution is 5.83. The summed E-state index contributed by atoms with van der Waals surface area (Å²) in [6.45, 7) is 3.90. The fourth-order valence-electron chi connectivity index (χ4n) is 3.58. The van der Waals surface area contributed by atoms with Crippen molar-refractivity contribution in [2.24, 2.45) is 23.7 Å². The Balaban J connectivity index is 2.46. The molecule has 2 aliphatic rings. The average molecular weight is 224 g/mol. The van der Waals surface area contributed by atoms with Crippen LogP contribution < -0.4 is 0 Å². The average Bonchev–Trinajstić information content (AvgIpc) is 2.70. The highest BCUT2D eigenvalue weighted by Crippen LogP contribution is 2.56. The van der Waals surface area contributed by atoms with Crippen molar-refractivity contribution in [3.63, 3.8) is 0 Å². The molecule has 0 aliphatic heterocycles. The van der Waals surface area contributed by atoms with E-state index < -0.39 is 23.8 Å². The zero-order valence-electron chi connectivity index (χ0n) is 9.43. The third-order valence-electron chi connectivity index (χ3n) is 3.99. The summed E-state index contributed by atoms with van der Waals surface area (Å²) in [7, 11) is 0. The van der Waals surface area contributed by atoms with Gasteiger partial charge in [-0.05, 0) is 38.5 Å². The number of hydrogen-bond acceptors (Lipinski definition) is 2. The first kappa shape index (κ1) is 11.2. The molecule has 2 saturated carbocycles. The Morgan fingerprint density at radius 3 is 1.62 bits per heavy atom. The first-order valence-corrected chi connectivity index (χ1v) is 5.58. The van der Waals surface area contributed by atoms with Gasteiger partial charge in [0, 0.05) is 0 Å². The normalized spacial score (nSPS) is 36.5. The van der Waals surface area contributed by atoms with Crippen LogP contribution in [0.25, 0.3) is 0 Å². The van der Waals surface area contributed by atoms with Crippen LogP contribution in [-0.2, 0) is 9.59 Å². The van der Waals surface area contributed by atoms with Gasteiger partial charge in [0.1, 0.15) is 0 Å². The number of carboxylic acid groups (broad SMARTS) is 2. The van der Waals surface area contributed by atoms with E-state index in [0.717, 1.165) is 24.0 Å². The van der Waals surface area contributed by atoms with Gasteiger partial charge in [0.2, 0.25) is 0 Å².